The standard InChI is InChI=1S/C16H24N4O3/c1-23-16-3-2-14(20(21)22)10-13(16)12-18-6-8-19(9-7-18)15-4-5-17-11-15/h2-3,10,15,17H,4-9,11-12H2,1H3. The van der Waals surface area contributed by atoms with Gasteiger partial charge in [-0.3, -0.25) is 19.9 Å². The van der Waals surface area contributed by atoms with E-state index in [9.17, 15) is 10.1 Å². The molecule has 0 amide bonds. The number of non-ortho nitro benzene ring substituents is 1. The van der Waals surface area contributed by atoms with Gasteiger partial charge >= 0.3 is 0 Å². The first-order valence-corrected chi connectivity index (χ1v) is 8.16. The first-order valence-electron chi connectivity index (χ1n) is 8.16. The highest BCUT2D eigenvalue weighted by atomic mass is 16.6. The zero-order chi connectivity index (χ0) is 16.2. The largest absolute Gasteiger partial charge is 0.496 e. The number of nitro groups is 1. The van der Waals surface area contributed by atoms with Crippen molar-refractivity contribution in [3.05, 3.63) is 33.9 Å². The van der Waals surface area contributed by atoms with Gasteiger partial charge in [-0.05, 0) is 19.0 Å². The van der Waals surface area contributed by atoms with Crippen LogP contribution >= 0.6 is 0 Å². The Morgan fingerprint density at radius 2 is 2.13 bits per heavy atom. The number of hydrogen-bond donors (Lipinski definition) is 1. The van der Waals surface area contributed by atoms with Crippen LogP contribution in [0.5, 0.6) is 5.75 Å². The highest BCUT2D eigenvalue weighted by Gasteiger charge is 2.26. The second kappa shape index (κ2) is 7.25. The number of nitrogens with one attached hydrogen (secondary N) is 1. The number of nitro benzene ring substituents is 1. The van der Waals surface area contributed by atoms with Crippen LogP contribution in [0.15, 0.2) is 18.2 Å². The molecule has 1 atom stereocenters. The third kappa shape index (κ3) is 3.80. The number of ether oxygens (including phenoxy) is 1. The maximum absolute atomic E-state index is 11.0. The molecule has 1 aromatic carbocycles. The fourth-order valence-corrected chi connectivity index (χ4v) is 3.48. The summed E-state index contributed by atoms with van der Waals surface area (Å²) in [5.74, 6) is 0.720. The molecule has 2 aliphatic rings. The Morgan fingerprint density at radius 3 is 2.74 bits per heavy atom. The summed E-state index contributed by atoms with van der Waals surface area (Å²) in [6.07, 6.45) is 1.23. The van der Waals surface area contributed by atoms with E-state index in [1.165, 1.54) is 12.5 Å². The van der Waals surface area contributed by atoms with Gasteiger partial charge in [0.15, 0.2) is 0 Å². The van der Waals surface area contributed by atoms with Crippen LogP contribution in [0.3, 0.4) is 0 Å². The normalized spacial score (nSPS) is 23.1. The van der Waals surface area contributed by atoms with Gasteiger partial charge in [0.05, 0.1) is 12.0 Å². The van der Waals surface area contributed by atoms with E-state index in [0.717, 1.165) is 50.6 Å². The first-order chi connectivity index (χ1) is 11.2. The van der Waals surface area contributed by atoms with Crippen molar-refractivity contribution in [2.45, 2.75) is 19.0 Å². The number of nitrogens with zero attached hydrogens (tertiary/aromatic N) is 3. The minimum atomic E-state index is -0.353. The summed E-state index contributed by atoms with van der Waals surface area (Å²) in [6.45, 7) is 7.01. The topological polar surface area (TPSA) is 70.9 Å². The van der Waals surface area contributed by atoms with Crippen molar-refractivity contribution in [1.29, 1.82) is 0 Å². The molecule has 0 radical (unpaired) electrons. The van der Waals surface area contributed by atoms with Crippen LogP contribution in [0.4, 0.5) is 5.69 Å². The van der Waals surface area contributed by atoms with Crippen LogP contribution in [0.2, 0.25) is 0 Å². The van der Waals surface area contributed by atoms with E-state index in [0.29, 0.717) is 12.6 Å². The number of rotatable bonds is 5. The van der Waals surface area contributed by atoms with Gasteiger partial charge in [-0.25, -0.2) is 0 Å². The Hall–Kier alpha value is -1.70. The summed E-state index contributed by atoms with van der Waals surface area (Å²) in [7, 11) is 1.61. The molecular weight excluding hydrogens is 296 g/mol. The second-order valence-electron chi connectivity index (χ2n) is 6.21. The summed E-state index contributed by atoms with van der Waals surface area (Å²) in [6, 6.07) is 5.48. The van der Waals surface area contributed by atoms with Gasteiger partial charge in [0.2, 0.25) is 0 Å². The number of benzene rings is 1. The molecule has 0 saturated carbocycles. The maximum atomic E-state index is 11.0. The molecule has 0 aromatic heterocycles. The Bertz CT molecular complexity index is 552. The summed E-state index contributed by atoms with van der Waals surface area (Å²) in [4.78, 5) is 15.5. The fraction of sp³-hybridized carbons (Fsp3) is 0.625. The number of piperazine rings is 1. The molecule has 0 aliphatic carbocycles. The summed E-state index contributed by atoms with van der Waals surface area (Å²) >= 11 is 0. The molecule has 2 saturated heterocycles. The molecule has 7 heteroatoms. The van der Waals surface area contributed by atoms with E-state index in [-0.39, 0.29) is 10.6 Å². The predicted octanol–water partition coefficient (Wildman–Crippen LogP) is 1.08. The SMILES string of the molecule is COc1ccc([N+](=O)[O-])cc1CN1CCN(C2CCNC2)CC1. The van der Waals surface area contributed by atoms with Crippen molar-refractivity contribution in [3.63, 3.8) is 0 Å². The number of methoxy groups -OCH3 is 1. The average molecular weight is 320 g/mol. The molecule has 0 spiro atoms. The summed E-state index contributed by atoms with van der Waals surface area (Å²) in [5.41, 5.74) is 1.01. The minimum Gasteiger partial charge on any atom is -0.496 e. The smallest absolute Gasteiger partial charge is 0.270 e. The van der Waals surface area contributed by atoms with Crippen LogP contribution in [0.1, 0.15) is 12.0 Å². The molecule has 1 unspecified atom stereocenters. The minimum absolute atomic E-state index is 0.122. The molecule has 126 valence electrons. The van der Waals surface area contributed by atoms with E-state index >= 15 is 0 Å². The fourth-order valence-electron chi connectivity index (χ4n) is 3.48. The predicted molar refractivity (Wildman–Crippen MR) is 87.8 cm³/mol. The van der Waals surface area contributed by atoms with Crippen molar-refractivity contribution < 1.29 is 9.66 Å². The molecule has 23 heavy (non-hydrogen) atoms. The maximum Gasteiger partial charge on any atom is 0.270 e. The van der Waals surface area contributed by atoms with Gasteiger partial charge in [0.25, 0.3) is 5.69 Å². The van der Waals surface area contributed by atoms with E-state index in [1.807, 2.05) is 0 Å². The lowest BCUT2D eigenvalue weighted by Gasteiger charge is -2.37. The highest BCUT2D eigenvalue weighted by Crippen LogP contribution is 2.26. The Kier molecular flexibility index (Phi) is 5.09. The van der Waals surface area contributed by atoms with Gasteiger partial charge in [0.1, 0.15) is 5.75 Å². The van der Waals surface area contributed by atoms with Crippen LogP contribution < -0.4 is 10.1 Å². The van der Waals surface area contributed by atoms with E-state index in [1.54, 1.807) is 19.2 Å². The van der Waals surface area contributed by atoms with Gasteiger partial charge in [-0.1, -0.05) is 0 Å². The quantitative estimate of drug-likeness (QED) is 0.647. The van der Waals surface area contributed by atoms with Crippen molar-refractivity contribution >= 4 is 5.69 Å². The second-order valence-corrected chi connectivity index (χ2v) is 6.21. The number of hydrogen-bond acceptors (Lipinski definition) is 6. The lowest BCUT2D eigenvalue weighted by molar-refractivity contribution is -0.385. The molecule has 1 N–H and O–H groups in total. The Balaban J connectivity index is 1.61. The molecule has 2 aliphatic heterocycles. The zero-order valence-electron chi connectivity index (χ0n) is 13.5. The van der Waals surface area contributed by atoms with Gasteiger partial charge < -0.3 is 10.1 Å². The van der Waals surface area contributed by atoms with Crippen LogP contribution in [-0.2, 0) is 6.54 Å². The third-order valence-electron chi connectivity index (χ3n) is 4.83. The Labute approximate surface area is 136 Å². The van der Waals surface area contributed by atoms with E-state index < -0.39 is 0 Å². The summed E-state index contributed by atoms with van der Waals surface area (Å²) in [5, 5.41) is 14.4. The lowest BCUT2D eigenvalue weighted by atomic mass is 10.1. The third-order valence-corrected chi connectivity index (χ3v) is 4.83. The average Bonchev–Trinajstić information content (AvgIpc) is 3.10. The Morgan fingerprint density at radius 1 is 1.35 bits per heavy atom. The van der Waals surface area contributed by atoms with Gasteiger partial charge in [0, 0.05) is 63.0 Å². The molecule has 2 heterocycles. The van der Waals surface area contributed by atoms with Gasteiger partial charge in [-0.2, -0.15) is 0 Å². The van der Waals surface area contributed by atoms with Crippen LogP contribution in [0.25, 0.3) is 0 Å². The van der Waals surface area contributed by atoms with Gasteiger partial charge in [-0.15, -0.1) is 0 Å². The highest BCUT2D eigenvalue weighted by molar-refractivity contribution is 5.43. The van der Waals surface area contributed by atoms with Crippen molar-refractivity contribution in [1.82, 2.24) is 15.1 Å². The zero-order valence-corrected chi connectivity index (χ0v) is 13.5. The van der Waals surface area contributed by atoms with Crippen molar-refractivity contribution in [2.75, 3.05) is 46.4 Å². The summed E-state index contributed by atoms with van der Waals surface area (Å²) < 4.78 is 5.36. The molecule has 7 nitrogen and oxygen atoms in total. The monoisotopic (exact) mass is 320 g/mol. The molecular formula is C16H24N4O3. The lowest BCUT2D eigenvalue weighted by Crippen LogP contribution is -2.50. The first kappa shape index (κ1) is 16.2. The van der Waals surface area contributed by atoms with Crippen molar-refractivity contribution in [3.8, 4) is 5.75 Å². The van der Waals surface area contributed by atoms with Crippen LogP contribution in [-0.4, -0.2) is 67.1 Å². The van der Waals surface area contributed by atoms with Crippen LogP contribution in [0, 0.1) is 10.1 Å². The van der Waals surface area contributed by atoms with E-state index in [2.05, 4.69) is 15.1 Å². The molecule has 3 rings (SSSR count). The molecule has 0 bridgehead atoms. The molecule has 2 fully saturated rings. The van der Waals surface area contributed by atoms with E-state index in [4.69, 9.17) is 4.74 Å². The molecule has 1 aromatic rings. The van der Waals surface area contributed by atoms with Crippen molar-refractivity contribution in [2.24, 2.45) is 0 Å².